The second-order valence-electron chi connectivity index (χ2n) is 3.70. The van der Waals surface area contributed by atoms with Gasteiger partial charge >= 0.3 is 12.4 Å². The second kappa shape index (κ2) is 5.64. The lowest BCUT2D eigenvalue weighted by Gasteiger charge is -2.12. The van der Waals surface area contributed by atoms with E-state index >= 15 is 0 Å². The average molecular weight is 284 g/mol. The van der Waals surface area contributed by atoms with Crippen molar-refractivity contribution in [1.29, 1.82) is 0 Å². The first-order valence-corrected chi connectivity index (χ1v) is 5.09. The van der Waals surface area contributed by atoms with Gasteiger partial charge in [-0.15, -0.1) is 0 Å². The molecule has 0 saturated carbocycles. The zero-order valence-electron chi connectivity index (χ0n) is 9.77. The quantitative estimate of drug-likeness (QED) is 0.748. The van der Waals surface area contributed by atoms with Gasteiger partial charge in [-0.2, -0.15) is 26.3 Å². The number of hydrogen-bond donors (Lipinski definition) is 0. The van der Waals surface area contributed by atoms with Gasteiger partial charge in [0.25, 0.3) is 0 Å². The lowest BCUT2D eigenvalue weighted by molar-refractivity contribution is -0.143. The first-order chi connectivity index (χ1) is 8.64. The lowest BCUT2D eigenvalue weighted by Crippen LogP contribution is -2.11. The molecule has 1 nitrogen and oxygen atoms in total. The summed E-state index contributed by atoms with van der Waals surface area (Å²) in [4.78, 5) is 0. The molecule has 0 atom stereocenters. The maximum atomic E-state index is 12.5. The number of methoxy groups -OCH3 is 1. The molecule has 0 N–H and O–H groups in total. The van der Waals surface area contributed by atoms with Gasteiger partial charge in [0.05, 0.1) is 17.7 Å². The fourth-order valence-corrected chi connectivity index (χ4v) is 1.36. The molecule has 0 aliphatic heterocycles. The summed E-state index contributed by atoms with van der Waals surface area (Å²) in [5, 5.41) is 0. The van der Waals surface area contributed by atoms with Crippen LogP contribution in [0.3, 0.4) is 0 Å². The van der Waals surface area contributed by atoms with E-state index in [0.717, 1.165) is 6.08 Å². The number of hydrogen-bond acceptors (Lipinski definition) is 1. The van der Waals surface area contributed by atoms with Crippen molar-refractivity contribution in [2.75, 3.05) is 13.7 Å². The van der Waals surface area contributed by atoms with E-state index in [9.17, 15) is 26.3 Å². The summed E-state index contributed by atoms with van der Waals surface area (Å²) < 4.78 is 79.7. The number of benzene rings is 1. The van der Waals surface area contributed by atoms with Gasteiger partial charge in [-0.25, -0.2) is 0 Å². The van der Waals surface area contributed by atoms with E-state index in [0.29, 0.717) is 12.1 Å². The van der Waals surface area contributed by atoms with Gasteiger partial charge in [-0.1, -0.05) is 12.2 Å². The van der Waals surface area contributed by atoms with Crippen molar-refractivity contribution in [3.8, 4) is 0 Å². The maximum absolute atomic E-state index is 12.5. The van der Waals surface area contributed by atoms with Crippen LogP contribution in [0.5, 0.6) is 0 Å². The SMILES string of the molecule is COC/C=C\c1cc(C(F)(F)F)cc(C(F)(F)F)c1. The Hall–Kier alpha value is -1.50. The van der Waals surface area contributed by atoms with Crippen LogP contribution in [0, 0.1) is 0 Å². The molecular weight excluding hydrogens is 274 g/mol. The molecule has 0 bridgehead atoms. The molecular formula is C12H10F6O. The van der Waals surface area contributed by atoms with Gasteiger partial charge in [0.15, 0.2) is 0 Å². The van der Waals surface area contributed by atoms with Crippen molar-refractivity contribution in [3.05, 3.63) is 41.0 Å². The van der Waals surface area contributed by atoms with Crippen molar-refractivity contribution < 1.29 is 31.1 Å². The van der Waals surface area contributed by atoms with E-state index in [1.807, 2.05) is 0 Å². The Morgan fingerprint density at radius 3 is 1.79 bits per heavy atom. The third-order valence-electron chi connectivity index (χ3n) is 2.18. The molecule has 0 heterocycles. The van der Waals surface area contributed by atoms with Gasteiger partial charge in [0.1, 0.15) is 0 Å². The molecule has 0 aliphatic carbocycles. The highest BCUT2D eigenvalue weighted by atomic mass is 19.4. The van der Waals surface area contributed by atoms with Crippen LogP contribution in [0.15, 0.2) is 24.3 Å². The highest BCUT2D eigenvalue weighted by Gasteiger charge is 2.36. The van der Waals surface area contributed by atoms with Gasteiger partial charge in [-0.3, -0.25) is 0 Å². The Morgan fingerprint density at radius 1 is 0.947 bits per heavy atom. The van der Waals surface area contributed by atoms with Crippen molar-refractivity contribution in [3.63, 3.8) is 0 Å². The Kier molecular flexibility index (Phi) is 4.62. The Labute approximate surface area is 105 Å². The highest BCUT2D eigenvalue weighted by Crippen LogP contribution is 2.36. The fourth-order valence-electron chi connectivity index (χ4n) is 1.36. The minimum Gasteiger partial charge on any atom is -0.381 e. The summed E-state index contributed by atoms with van der Waals surface area (Å²) in [6.45, 7) is 0.0948. The zero-order valence-corrected chi connectivity index (χ0v) is 9.77. The van der Waals surface area contributed by atoms with Crippen molar-refractivity contribution in [2.45, 2.75) is 12.4 Å². The maximum Gasteiger partial charge on any atom is 0.416 e. The second-order valence-corrected chi connectivity index (χ2v) is 3.70. The van der Waals surface area contributed by atoms with Crippen molar-refractivity contribution >= 4 is 6.08 Å². The largest absolute Gasteiger partial charge is 0.416 e. The molecule has 0 radical (unpaired) electrons. The van der Waals surface area contributed by atoms with Gasteiger partial charge in [0.2, 0.25) is 0 Å². The van der Waals surface area contributed by atoms with Crippen LogP contribution < -0.4 is 0 Å². The standard InChI is InChI=1S/C12H10F6O/c1-19-4-2-3-8-5-9(11(13,14)15)7-10(6-8)12(16,17)18/h2-3,5-7H,4H2,1H3/b3-2-. The summed E-state index contributed by atoms with van der Waals surface area (Å²) in [6.07, 6.45) is -7.18. The minimum atomic E-state index is -4.83. The third-order valence-corrected chi connectivity index (χ3v) is 2.18. The Bertz CT molecular complexity index is 426. The zero-order chi connectivity index (χ0) is 14.7. The van der Waals surface area contributed by atoms with Gasteiger partial charge in [-0.05, 0) is 23.8 Å². The van der Waals surface area contributed by atoms with E-state index in [1.54, 1.807) is 0 Å². The molecule has 1 rings (SSSR count). The van der Waals surface area contributed by atoms with Crippen LogP contribution in [-0.4, -0.2) is 13.7 Å². The van der Waals surface area contributed by atoms with Crippen LogP contribution in [-0.2, 0) is 17.1 Å². The molecule has 19 heavy (non-hydrogen) atoms. The monoisotopic (exact) mass is 284 g/mol. The van der Waals surface area contributed by atoms with Crippen LogP contribution >= 0.6 is 0 Å². The molecule has 0 aliphatic rings. The first-order valence-electron chi connectivity index (χ1n) is 5.09. The summed E-state index contributed by atoms with van der Waals surface area (Å²) in [7, 11) is 1.36. The normalized spacial score (nSPS) is 13.2. The predicted molar refractivity (Wildman–Crippen MR) is 57.4 cm³/mol. The summed E-state index contributed by atoms with van der Waals surface area (Å²) in [5.74, 6) is 0. The summed E-state index contributed by atoms with van der Waals surface area (Å²) >= 11 is 0. The molecule has 0 aromatic heterocycles. The van der Waals surface area contributed by atoms with Crippen LogP contribution in [0.1, 0.15) is 16.7 Å². The van der Waals surface area contributed by atoms with Crippen LogP contribution in [0.2, 0.25) is 0 Å². The van der Waals surface area contributed by atoms with E-state index in [2.05, 4.69) is 4.74 Å². The topological polar surface area (TPSA) is 9.23 Å². The molecule has 0 amide bonds. The third kappa shape index (κ3) is 4.59. The summed E-state index contributed by atoms with van der Waals surface area (Å²) in [5.41, 5.74) is -2.85. The lowest BCUT2D eigenvalue weighted by atomic mass is 10.0. The average Bonchev–Trinajstić information content (AvgIpc) is 2.27. The number of alkyl halides is 6. The number of halogens is 6. The van der Waals surface area contributed by atoms with E-state index in [4.69, 9.17) is 0 Å². The highest BCUT2D eigenvalue weighted by molar-refractivity contribution is 5.53. The molecule has 1 aromatic rings. The number of rotatable bonds is 3. The molecule has 0 fully saturated rings. The first kappa shape index (κ1) is 15.6. The van der Waals surface area contributed by atoms with Gasteiger partial charge < -0.3 is 4.74 Å². The Balaban J connectivity index is 3.25. The Morgan fingerprint density at radius 2 is 1.42 bits per heavy atom. The van der Waals surface area contributed by atoms with E-state index < -0.39 is 23.5 Å². The predicted octanol–water partition coefficient (Wildman–Crippen LogP) is 4.38. The van der Waals surface area contributed by atoms with Crippen molar-refractivity contribution in [1.82, 2.24) is 0 Å². The van der Waals surface area contributed by atoms with E-state index in [-0.39, 0.29) is 18.2 Å². The fraction of sp³-hybridized carbons (Fsp3) is 0.333. The molecule has 106 valence electrons. The minimum absolute atomic E-state index is 0.0909. The smallest absolute Gasteiger partial charge is 0.381 e. The molecule has 0 spiro atoms. The van der Waals surface area contributed by atoms with Gasteiger partial charge in [0, 0.05) is 7.11 Å². The molecule has 0 saturated heterocycles. The van der Waals surface area contributed by atoms with E-state index in [1.165, 1.54) is 13.2 Å². The van der Waals surface area contributed by atoms with Crippen LogP contribution in [0.25, 0.3) is 6.08 Å². The molecule has 7 heteroatoms. The summed E-state index contributed by atoms with van der Waals surface area (Å²) in [6, 6.07) is 1.40. The molecule has 1 aromatic carbocycles. The van der Waals surface area contributed by atoms with Crippen LogP contribution in [0.4, 0.5) is 26.3 Å². The van der Waals surface area contributed by atoms with Crippen molar-refractivity contribution in [2.24, 2.45) is 0 Å². The molecule has 0 unspecified atom stereocenters. The number of ether oxygens (including phenoxy) is 1.